The number of carboxylic acid groups (broad SMARTS) is 1. The van der Waals surface area contributed by atoms with Crippen molar-refractivity contribution in [3.63, 3.8) is 0 Å². The summed E-state index contributed by atoms with van der Waals surface area (Å²) in [5.41, 5.74) is 0.935. The highest BCUT2D eigenvalue weighted by molar-refractivity contribution is 7.99. The third-order valence-corrected chi connectivity index (χ3v) is 4.72. The Bertz CT molecular complexity index is 649. The molecule has 2 rings (SSSR count). The van der Waals surface area contributed by atoms with Gasteiger partial charge in [-0.2, -0.15) is 0 Å². The number of aryl methyl sites for hydroxylation is 2. The maximum absolute atomic E-state index is 10.8. The average Bonchev–Trinajstić information content (AvgIpc) is 2.89. The highest BCUT2D eigenvalue weighted by atomic mass is 32.2. The van der Waals surface area contributed by atoms with Crippen molar-refractivity contribution in [3.8, 4) is 10.7 Å². The van der Waals surface area contributed by atoms with Gasteiger partial charge in [-0.25, -0.2) is 4.98 Å². The molecule has 0 fully saturated rings. The van der Waals surface area contributed by atoms with E-state index in [9.17, 15) is 4.79 Å². The largest absolute Gasteiger partial charge is 0.481 e. The summed E-state index contributed by atoms with van der Waals surface area (Å²) in [6.45, 7) is 8.89. The minimum absolute atomic E-state index is 0.0169. The van der Waals surface area contributed by atoms with Crippen LogP contribution in [0.2, 0.25) is 0 Å². The molecule has 0 saturated heterocycles. The highest BCUT2D eigenvalue weighted by Crippen LogP contribution is 2.31. The highest BCUT2D eigenvalue weighted by Gasteiger charge is 2.19. The quantitative estimate of drug-likeness (QED) is 0.822. The summed E-state index contributed by atoms with van der Waals surface area (Å²) < 4.78 is 2.00. The van der Waals surface area contributed by atoms with E-state index >= 15 is 0 Å². The predicted molar refractivity (Wildman–Crippen MR) is 83.8 cm³/mol. The summed E-state index contributed by atoms with van der Waals surface area (Å²) in [5, 5.41) is 18.9. The van der Waals surface area contributed by atoms with Gasteiger partial charge in [0.1, 0.15) is 0 Å². The van der Waals surface area contributed by atoms with E-state index in [0.717, 1.165) is 27.9 Å². The number of aliphatic carboxylic acids is 1. The topological polar surface area (TPSA) is 80.9 Å². The van der Waals surface area contributed by atoms with Crippen molar-refractivity contribution in [1.82, 2.24) is 19.7 Å². The molecule has 0 aromatic carbocycles. The van der Waals surface area contributed by atoms with Crippen LogP contribution in [0.15, 0.2) is 5.16 Å². The van der Waals surface area contributed by atoms with E-state index in [1.165, 1.54) is 11.8 Å². The van der Waals surface area contributed by atoms with Crippen molar-refractivity contribution in [2.45, 2.75) is 39.4 Å². The Kier molecular flexibility index (Phi) is 5.00. The van der Waals surface area contributed by atoms with Crippen LogP contribution in [0, 0.1) is 19.8 Å². The van der Waals surface area contributed by atoms with Gasteiger partial charge in [0, 0.05) is 6.54 Å². The maximum atomic E-state index is 10.8. The molecule has 0 atom stereocenters. The van der Waals surface area contributed by atoms with Gasteiger partial charge in [0.25, 0.3) is 0 Å². The van der Waals surface area contributed by atoms with E-state index in [4.69, 9.17) is 5.11 Å². The van der Waals surface area contributed by atoms with E-state index < -0.39 is 5.97 Å². The normalized spacial score (nSPS) is 11.3. The Morgan fingerprint density at radius 2 is 2.10 bits per heavy atom. The minimum atomic E-state index is -0.856. The first kappa shape index (κ1) is 16.0. The molecule has 0 bridgehead atoms. The van der Waals surface area contributed by atoms with Gasteiger partial charge >= 0.3 is 5.97 Å². The van der Waals surface area contributed by atoms with E-state index in [1.54, 1.807) is 11.3 Å². The van der Waals surface area contributed by atoms with E-state index in [1.807, 2.05) is 18.4 Å². The fourth-order valence-corrected chi connectivity index (χ4v) is 3.54. The summed E-state index contributed by atoms with van der Waals surface area (Å²) in [4.78, 5) is 16.2. The van der Waals surface area contributed by atoms with Crippen LogP contribution in [0.4, 0.5) is 0 Å². The van der Waals surface area contributed by atoms with Crippen LogP contribution in [-0.2, 0) is 11.3 Å². The molecule has 0 aliphatic heterocycles. The lowest BCUT2D eigenvalue weighted by Gasteiger charge is -2.11. The molecule has 21 heavy (non-hydrogen) atoms. The van der Waals surface area contributed by atoms with Gasteiger partial charge in [0.05, 0.1) is 21.3 Å². The van der Waals surface area contributed by atoms with Gasteiger partial charge in [-0.05, 0) is 19.8 Å². The number of carboxylic acids is 1. The molecule has 0 spiro atoms. The Balaban J connectivity index is 2.41. The molecule has 0 saturated carbocycles. The molecule has 114 valence electrons. The molecule has 0 unspecified atom stereocenters. The summed E-state index contributed by atoms with van der Waals surface area (Å²) in [5.74, 6) is 0.320. The molecular weight excluding hydrogens is 308 g/mol. The fraction of sp³-hybridized carbons (Fsp3) is 0.538. The number of thioether (sulfide) groups is 1. The monoisotopic (exact) mass is 326 g/mol. The summed E-state index contributed by atoms with van der Waals surface area (Å²) >= 11 is 2.79. The number of aromatic nitrogens is 4. The van der Waals surface area contributed by atoms with E-state index in [0.29, 0.717) is 11.1 Å². The Hall–Kier alpha value is -1.41. The van der Waals surface area contributed by atoms with Crippen molar-refractivity contribution in [2.24, 2.45) is 5.92 Å². The smallest absolute Gasteiger partial charge is 0.313 e. The number of hydrogen-bond donors (Lipinski definition) is 1. The molecular formula is C13H18N4O2S2. The van der Waals surface area contributed by atoms with E-state index in [-0.39, 0.29) is 5.75 Å². The number of nitrogens with zero attached hydrogens (tertiary/aromatic N) is 4. The average molecular weight is 326 g/mol. The van der Waals surface area contributed by atoms with Crippen LogP contribution >= 0.6 is 23.1 Å². The lowest BCUT2D eigenvalue weighted by atomic mass is 10.2. The molecule has 0 amide bonds. The molecule has 2 aromatic heterocycles. The molecule has 0 radical (unpaired) electrons. The number of hydrogen-bond acceptors (Lipinski definition) is 6. The van der Waals surface area contributed by atoms with Crippen molar-refractivity contribution >= 4 is 29.1 Å². The van der Waals surface area contributed by atoms with Crippen molar-refractivity contribution in [2.75, 3.05) is 5.75 Å². The van der Waals surface area contributed by atoms with Crippen LogP contribution in [0.3, 0.4) is 0 Å². The molecule has 2 heterocycles. The molecule has 6 nitrogen and oxygen atoms in total. The molecule has 1 N–H and O–H groups in total. The number of rotatable bonds is 6. The van der Waals surface area contributed by atoms with Crippen LogP contribution in [0.1, 0.15) is 24.5 Å². The van der Waals surface area contributed by atoms with E-state index in [2.05, 4.69) is 29.0 Å². The lowest BCUT2D eigenvalue weighted by Crippen LogP contribution is -2.09. The first-order valence-corrected chi connectivity index (χ1v) is 8.41. The molecule has 0 aliphatic carbocycles. The summed E-state index contributed by atoms with van der Waals surface area (Å²) in [6, 6.07) is 0. The Morgan fingerprint density at radius 1 is 1.38 bits per heavy atom. The maximum Gasteiger partial charge on any atom is 0.313 e. The minimum Gasteiger partial charge on any atom is -0.481 e. The predicted octanol–water partition coefficient (Wildman–Crippen LogP) is 2.85. The van der Waals surface area contributed by atoms with Gasteiger partial charge in [0.2, 0.25) is 0 Å². The SMILES string of the molecule is Cc1nc(C)c(-c2nnc(SCC(=O)O)n2CC(C)C)s1. The zero-order chi connectivity index (χ0) is 15.6. The Morgan fingerprint density at radius 3 is 2.62 bits per heavy atom. The zero-order valence-electron chi connectivity index (χ0n) is 12.5. The van der Waals surface area contributed by atoms with Crippen LogP contribution in [0.5, 0.6) is 0 Å². The van der Waals surface area contributed by atoms with Gasteiger partial charge in [0.15, 0.2) is 11.0 Å². The lowest BCUT2D eigenvalue weighted by molar-refractivity contribution is -0.133. The van der Waals surface area contributed by atoms with Crippen LogP contribution in [-0.4, -0.2) is 36.6 Å². The Labute approximate surface area is 131 Å². The second-order valence-corrected chi connectivity index (χ2v) is 7.29. The second-order valence-electron chi connectivity index (χ2n) is 5.14. The summed E-state index contributed by atoms with van der Waals surface area (Å²) in [7, 11) is 0. The fourth-order valence-electron chi connectivity index (χ4n) is 1.96. The van der Waals surface area contributed by atoms with Gasteiger partial charge < -0.3 is 9.67 Å². The third-order valence-electron chi connectivity index (χ3n) is 2.70. The molecule has 0 aliphatic rings. The van der Waals surface area contributed by atoms with Crippen LogP contribution < -0.4 is 0 Å². The molecule has 8 heteroatoms. The van der Waals surface area contributed by atoms with Crippen molar-refractivity contribution in [3.05, 3.63) is 10.7 Å². The van der Waals surface area contributed by atoms with Gasteiger partial charge in [-0.3, -0.25) is 4.79 Å². The summed E-state index contributed by atoms with van der Waals surface area (Å²) in [6.07, 6.45) is 0. The molecule has 2 aromatic rings. The van der Waals surface area contributed by atoms with Gasteiger partial charge in [-0.1, -0.05) is 25.6 Å². The standard InChI is InChI=1S/C13H18N4O2S2/c1-7(2)5-17-12(11-8(3)14-9(4)21-11)15-16-13(17)20-6-10(18)19/h7H,5-6H2,1-4H3,(H,18,19). The van der Waals surface area contributed by atoms with Crippen molar-refractivity contribution in [1.29, 1.82) is 0 Å². The first-order valence-electron chi connectivity index (χ1n) is 6.60. The van der Waals surface area contributed by atoms with Crippen molar-refractivity contribution < 1.29 is 9.90 Å². The third kappa shape index (κ3) is 3.82. The van der Waals surface area contributed by atoms with Gasteiger partial charge in [-0.15, -0.1) is 21.5 Å². The second kappa shape index (κ2) is 6.57. The van der Waals surface area contributed by atoms with Crippen LogP contribution in [0.25, 0.3) is 10.7 Å². The number of thiazole rings is 1. The first-order chi connectivity index (χ1) is 9.88. The number of carbonyl (C=O) groups is 1. The zero-order valence-corrected chi connectivity index (χ0v) is 14.1.